The first kappa shape index (κ1) is 14.4. The van der Waals surface area contributed by atoms with Gasteiger partial charge in [-0.05, 0) is 31.8 Å². The van der Waals surface area contributed by atoms with Crippen molar-refractivity contribution in [3.8, 4) is 0 Å². The number of aliphatic carboxylic acids is 1. The molecule has 1 atom stereocenters. The van der Waals surface area contributed by atoms with Crippen molar-refractivity contribution in [3.05, 3.63) is 0 Å². The summed E-state index contributed by atoms with van der Waals surface area (Å²) in [6.07, 6.45) is 2.31. The molecular weight excluding hydrogens is 190 g/mol. The lowest BCUT2D eigenvalue weighted by molar-refractivity contribution is -0.141. The van der Waals surface area contributed by atoms with E-state index >= 15 is 0 Å². The van der Waals surface area contributed by atoms with E-state index in [9.17, 15) is 4.79 Å². The maximum atomic E-state index is 10.6. The SMILES string of the molecule is CC(CN(C)CCCC(C)(C)C)C(=O)O. The molecule has 0 bridgehead atoms. The number of carboxylic acids is 1. The summed E-state index contributed by atoms with van der Waals surface area (Å²) in [7, 11) is 1.99. The molecule has 0 amide bonds. The summed E-state index contributed by atoms with van der Waals surface area (Å²) in [5.74, 6) is -0.984. The lowest BCUT2D eigenvalue weighted by Crippen LogP contribution is -2.29. The molecule has 0 fully saturated rings. The summed E-state index contributed by atoms with van der Waals surface area (Å²) in [5.41, 5.74) is 0.374. The average Bonchev–Trinajstić information content (AvgIpc) is 2.01. The molecule has 0 heterocycles. The Balaban J connectivity index is 3.67. The second-order valence-electron chi connectivity index (χ2n) is 5.67. The summed E-state index contributed by atoms with van der Waals surface area (Å²) < 4.78 is 0. The van der Waals surface area contributed by atoms with Gasteiger partial charge in [0, 0.05) is 6.54 Å². The third kappa shape index (κ3) is 8.43. The van der Waals surface area contributed by atoms with Gasteiger partial charge in [-0.3, -0.25) is 4.79 Å². The van der Waals surface area contributed by atoms with E-state index in [0.29, 0.717) is 12.0 Å². The van der Waals surface area contributed by atoms with Gasteiger partial charge in [-0.25, -0.2) is 0 Å². The molecule has 0 aliphatic rings. The summed E-state index contributed by atoms with van der Waals surface area (Å²) in [6.45, 7) is 10.1. The topological polar surface area (TPSA) is 40.5 Å². The van der Waals surface area contributed by atoms with Crippen molar-refractivity contribution in [1.29, 1.82) is 0 Å². The highest BCUT2D eigenvalue weighted by Crippen LogP contribution is 2.20. The monoisotopic (exact) mass is 215 g/mol. The summed E-state index contributed by atoms with van der Waals surface area (Å²) >= 11 is 0. The van der Waals surface area contributed by atoms with Crippen LogP contribution in [0.2, 0.25) is 0 Å². The van der Waals surface area contributed by atoms with Gasteiger partial charge in [0.2, 0.25) is 0 Å². The first-order valence-electron chi connectivity index (χ1n) is 5.64. The number of rotatable bonds is 6. The first-order chi connectivity index (χ1) is 6.72. The van der Waals surface area contributed by atoms with E-state index in [-0.39, 0.29) is 5.92 Å². The molecule has 3 heteroatoms. The first-order valence-corrected chi connectivity index (χ1v) is 5.64. The fraction of sp³-hybridized carbons (Fsp3) is 0.917. The Morgan fingerprint density at radius 3 is 2.33 bits per heavy atom. The zero-order valence-corrected chi connectivity index (χ0v) is 10.7. The predicted molar refractivity (Wildman–Crippen MR) is 63.0 cm³/mol. The average molecular weight is 215 g/mol. The van der Waals surface area contributed by atoms with Crippen LogP contribution in [0.4, 0.5) is 0 Å². The molecule has 1 N–H and O–H groups in total. The third-order valence-electron chi connectivity index (χ3n) is 2.47. The van der Waals surface area contributed by atoms with E-state index in [2.05, 4.69) is 25.7 Å². The molecule has 0 aliphatic carbocycles. The van der Waals surface area contributed by atoms with Crippen LogP contribution >= 0.6 is 0 Å². The second-order valence-corrected chi connectivity index (χ2v) is 5.67. The molecule has 0 aromatic carbocycles. The van der Waals surface area contributed by atoms with Gasteiger partial charge < -0.3 is 10.0 Å². The fourth-order valence-corrected chi connectivity index (χ4v) is 1.52. The van der Waals surface area contributed by atoms with Crippen LogP contribution < -0.4 is 0 Å². The highest BCUT2D eigenvalue weighted by atomic mass is 16.4. The normalized spacial score (nSPS) is 14.3. The van der Waals surface area contributed by atoms with Crippen LogP contribution in [0, 0.1) is 11.3 Å². The van der Waals surface area contributed by atoms with E-state index in [0.717, 1.165) is 13.0 Å². The number of nitrogens with zero attached hydrogens (tertiary/aromatic N) is 1. The smallest absolute Gasteiger partial charge is 0.307 e. The summed E-state index contributed by atoms with van der Waals surface area (Å²) in [4.78, 5) is 12.7. The molecule has 0 aromatic rings. The highest BCUT2D eigenvalue weighted by molar-refractivity contribution is 5.69. The minimum Gasteiger partial charge on any atom is -0.481 e. The quantitative estimate of drug-likeness (QED) is 0.740. The van der Waals surface area contributed by atoms with Crippen molar-refractivity contribution in [2.75, 3.05) is 20.1 Å². The van der Waals surface area contributed by atoms with Gasteiger partial charge in [-0.2, -0.15) is 0 Å². The third-order valence-corrected chi connectivity index (χ3v) is 2.47. The van der Waals surface area contributed by atoms with Crippen LogP contribution in [0.15, 0.2) is 0 Å². The summed E-state index contributed by atoms with van der Waals surface area (Å²) in [6, 6.07) is 0. The van der Waals surface area contributed by atoms with Gasteiger partial charge in [0.25, 0.3) is 0 Å². The Morgan fingerprint density at radius 1 is 1.40 bits per heavy atom. The van der Waals surface area contributed by atoms with E-state index < -0.39 is 5.97 Å². The molecule has 0 saturated carbocycles. The maximum Gasteiger partial charge on any atom is 0.307 e. The molecule has 3 nitrogen and oxygen atoms in total. The molecular formula is C12H25NO2. The van der Waals surface area contributed by atoms with Crippen molar-refractivity contribution in [3.63, 3.8) is 0 Å². The number of hydrogen-bond acceptors (Lipinski definition) is 2. The Kier molecular flexibility index (Phi) is 5.88. The Labute approximate surface area is 93.5 Å². The van der Waals surface area contributed by atoms with Gasteiger partial charge in [0.1, 0.15) is 0 Å². The van der Waals surface area contributed by atoms with Crippen LogP contribution in [0.3, 0.4) is 0 Å². The zero-order valence-electron chi connectivity index (χ0n) is 10.7. The van der Waals surface area contributed by atoms with Crippen molar-refractivity contribution in [2.24, 2.45) is 11.3 Å². The molecule has 0 aliphatic heterocycles. The van der Waals surface area contributed by atoms with Crippen molar-refractivity contribution in [1.82, 2.24) is 4.90 Å². The van der Waals surface area contributed by atoms with Crippen LogP contribution in [-0.4, -0.2) is 36.1 Å². The fourth-order valence-electron chi connectivity index (χ4n) is 1.52. The Bertz CT molecular complexity index is 196. The summed E-state index contributed by atoms with van der Waals surface area (Å²) in [5, 5.41) is 8.76. The molecule has 15 heavy (non-hydrogen) atoms. The standard InChI is InChI=1S/C12H25NO2/c1-10(11(14)15)9-13(5)8-6-7-12(2,3)4/h10H,6-9H2,1-5H3,(H,14,15). The predicted octanol–water partition coefficient (Wildman–Crippen LogP) is 2.47. The van der Waals surface area contributed by atoms with Crippen LogP contribution in [0.5, 0.6) is 0 Å². The second kappa shape index (κ2) is 6.11. The van der Waals surface area contributed by atoms with Crippen LogP contribution in [0.25, 0.3) is 0 Å². The largest absolute Gasteiger partial charge is 0.481 e. The molecule has 0 radical (unpaired) electrons. The maximum absolute atomic E-state index is 10.6. The lowest BCUT2D eigenvalue weighted by Gasteiger charge is -2.22. The molecule has 0 aromatic heterocycles. The molecule has 0 spiro atoms. The van der Waals surface area contributed by atoms with E-state index in [4.69, 9.17) is 5.11 Å². The van der Waals surface area contributed by atoms with Gasteiger partial charge >= 0.3 is 5.97 Å². The van der Waals surface area contributed by atoms with Gasteiger partial charge in [0.15, 0.2) is 0 Å². The van der Waals surface area contributed by atoms with Crippen LogP contribution in [0.1, 0.15) is 40.5 Å². The Morgan fingerprint density at radius 2 is 1.93 bits per heavy atom. The molecule has 0 rings (SSSR count). The zero-order chi connectivity index (χ0) is 12.1. The lowest BCUT2D eigenvalue weighted by atomic mass is 9.90. The van der Waals surface area contributed by atoms with Gasteiger partial charge in [-0.1, -0.05) is 27.7 Å². The van der Waals surface area contributed by atoms with Crippen LogP contribution in [-0.2, 0) is 4.79 Å². The van der Waals surface area contributed by atoms with Gasteiger partial charge in [-0.15, -0.1) is 0 Å². The Hall–Kier alpha value is -0.570. The number of hydrogen-bond donors (Lipinski definition) is 1. The van der Waals surface area contributed by atoms with Crippen molar-refractivity contribution >= 4 is 5.97 Å². The number of carboxylic acid groups (broad SMARTS) is 1. The van der Waals surface area contributed by atoms with Crippen molar-refractivity contribution < 1.29 is 9.90 Å². The minimum absolute atomic E-state index is 0.273. The van der Waals surface area contributed by atoms with Crippen molar-refractivity contribution in [2.45, 2.75) is 40.5 Å². The molecule has 0 saturated heterocycles. The number of carbonyl (C=O) groups is 1. The van der Waals surface area contributed by atoms with E-state index in [1.807, 2.05) is 7.05 Å². The van der Waals surface area contributed by atoms with E-state index in [1.54, 1.807) is 6.92 Å². The molecule has 90 valence electrons. The highest BCUT2D eigenvalue weighted by Gasteiger charge is 2.14. The van der Waals surface area contributed by atoms with E-state index in [1.165, 1.54) is 6.42 Å². The van der Waals surface area contributed by atoms with Gasteiger partial charge in [0.05, 0.1) is 5.92 Å². The molecule has 1 unspecified atom stereocenters. The minimum atomic E-state index is -0.710.